The molecule has 0 heterocycles. The summed E-state index contributed by atoms with van der Waals surface area (Å²) in [5.74, 6) is 0. The van der Waals surface area contributed by atoms with Crippen LogP contribution in [0.3, 0.4) is 0 Å². The summed E-state index contributed by atoms with van der Waals surface area (Å²) in [5.41, 5.74) is 0. The fourth-order valence-corrected chi connectivity index (χ4v) is 1.18. The number of rotatable bonds is 8. The molecule has 0 rings (SSSR count). The van der Waals surface area contributed by atoms with Crippen molar-refractivity contribution in [2.45, 2.75) is 59.5 Å². The lowest BCUT2D eigenvalue weighted by atomic mass is 10.1. The van der Waals surface area contributed by atoms with Gasteiger partial charge in [-0.2, -0.15) is 0 Å². The van der Waals surface area contributed by atoms with Crippen LogP contribution in [0.1, 0.15) is 53.4 Å². The zero-order chi connectivity index (χ0) is 9.23. The van der Waals surface area contributed by atoms with E-state index in [1.165, 1.54) is 12.8 Å². The van der Waals surface area contributed by atoms with Crippen LogP contribution in [0.4, 0.5) is 0 Å². The SMILES string of the molecule is C.CCCCCC(O)CNCCC. The first-order valence-electron chi connectivity index (χ1n) is 5.20. The molecule has 0 aromatic heterocycles. The summed E-state index contributed by atoms with van der Waals surface area (Å²) in [7, 11) is 0. The Labute approximate surface area is 83.7 Å². The quantitative estimate of drug-likeness (QED) is 0.575. The Morgan fingerprint density at radius 3 is 2.38 bits per heavy atom. The molecule has 0 radical (unpaired) electrons. The third kappa shape index (κ3) is 11.9. The third-order valence-corrected chi connectivity index (χ3v) is 1.95. The van der Waals surface area contributed by atoms with Crippen LogP contribution in [0.15, 0.2) is 0 Å². The molecule has 0 aliphatic carbocycles. The molecule has 13 heavy (non-hydrogen) atoms. The largest absolute Gasteiger partial charge is 0.392 e. The van der Waals surface area contributed by atoms with Crippen LogP contribution in [-0.2, 0) is 0 Å². The minimum absolute atomic E-state index is 0. The molecule has 0 aliphatic rings. The van der Waals surface area contributed by atoms with Gasteiger partial charge in [0.25, 0.3) is 0 Å². The Balaban J connectivity index is 0. The zero-order valence-electron chi connectivity index (χ0n) is 8.47. The summed E-state index contributed by atoms with van der Waals surface area (Å²) in [4.78, 5) is 0. The average Bonchev–Trinajstić information content (AvgIpc) is 2.06. The Morgan fingerprint density at radius 1 is 1.15 bits per heavy atom. The maximum absolute atomic E-state index is 9.44. The number of nitrogens with one attached hydrogen (secondary N) is 1. The van der Waals surface area contributed by atoms with Crippen molar-refractivity contribution in [2.75, 3.05) is 13.1 Å². The van der Waals surface area contributed by atoms with E-state index in [-0.39, 0.29) is 13.5 Å². The summed E-state index contributed by atoms with van der Waals surface area (Å²) in [6.07, 6.45) is 5.58. The van der Waals surface area contributed by atoms with Gasteiger partial charge in [0.05, 0.1) is 6.10 Å². The highest BCUT2D eigenvalue weighted by Gasteiger charge is 2.01. The molecule has 1 unspecified atom stereocenters. The van der Waals surface area contributed by atoms with Gasteiger partial charge in [0.1, 0.15) is 0 Å². The monoisotopic (exact) mass is 189 g/mol. The molecule has 0 amide bonds. The Morgan fingerprint density at radius 2 is 1.85 bits per heavy atom. The van der Waals surface area contributed by atoms with E-state index in [0.717, 1.165) is 32.4 Å². The Hall–Kier alpha value is -0.0800. The number of aliphatic hydroxyl groups is 1. The van der Waals surface area contributed by atoms with Crippen LogP contribution in [0, 0.1) is 0 Å². The summed E-state index contributed by atoms with van der Waals surface area (Å²) in [6.45, 7) is 6.10. The molecule has 82 valence electrons. The number of unbranched alkanes of at least 4 members (excludes halogenated alkanes) is 2. The summed E-state index contributed by atoms with van der Waals surface area (Å²) in [5, 5.41) is 12.7. The van der Waals surface area contributed by atoms with Crippen LogP contribution in [0.5, 0.6) is 0 Å². The molecule has 0 saturated carbocycles. The lowest BCUT2D eigenvalue weighted by molar-refractivity contribution is 0.158. The average molecular weight is 189 g/mol. The fourth-order valence-electron chi connectivity index (χ4n) is 1.18. The molecule has 0 aliphatic heterocycles. The molecule has 2 heteroatoms. The maximum Gasteiger partial charge on any atom is 0.0664 e. The predicted molar refractivity (Wildman–Crippen MR) is 60.0 cm³/mol. The minimum atomic E-state index is -0.136. The van der Waals surface area contributed by atoms with Gasteiger partial charge in [0.15, 0.2) is 0 Å². The van der Waals surface area contributed by atoms with Crippen molar-refractivity contribution in [1.82, 2.24) is 5.32 Å². The standard InChI is InChI=1S/C10H23NO.CH4/c1-3-5-6-7-10(12)9-11-8-4-2;/h10-12H,3-9H2,1-2H3;1H4. The molecule has 0 aromatic carbocycles. The van der Waals surface area contributed by atoms with Gasteiger partial charge >= 0.3 is 0 Å². The van der Waals surface area contributed by atoms with Gasteiger partial charge in [-0.1, -0.05) is 40.5 Å². The first-order chi connectivity index (χ1) is 5.81. The van der Waals surface area contributed by atoms with Crippen molar-refractivity contribution in [3.8, 4) is 0 Å². The number of aliphatic hydroxyl groups excluding tert-OH is 1. The van der Waals surface area contributed by atoms with Crippen LogP contribution in [0.25, 0.3) is 0 Å². The van der Waals surface area contributed by atoms with Crippen LogP contribution >= 0.6 is 0 Å². The van der Waals surface area contributed by atoms with Crippen molar-refractivity contribution in [3.63, 3.8) is 0 Å². The van der Waals surface area contributed by atoms with Gasteiger partial charge in [-0.15, -0.1) is 0 Å². The van der Waals surface area contributed by atoms with E-state index in [4.69, 9.17) is 0 Å². The van der Waals surface area contributed by atoms with Crippen molar-refractivity contribution in [3.05, 3.63) is 0 Å². The summed E-state index contributed by atoms with van der Waals surface area (Å²) in [6, 6.07) is 0. The second kappa shape index (κ2) is 11.9. The molecular weight excluding hydrogens is 162 g/mol. The smallest absolute Gasteiger partial charge is 0.0664 e. The highest BCUT2D eigenvalue weighted by atomic mass is 16.3. The van der Waals surface area contributed by atoms with Gasteiger partial charge in [-0.3, -0.25) is 0 Å². The van der Waals surface area contributed by atoms with Gasteiger partial charge in [0.2, 0.25) is 0 Å². The molecule has 1 atom stereocenters. The van der Waals surface area contributed by atoms with Crippen molar-refractivity contribution in [1.29, 1.82) is 0 Å². The highest BCUT2D eigenvalue weighted by Crippen LogP contribution is 2.02. The van der Waals surface area contributed by atoms with Crippen LogP contribution in [-0.4, -0.2) is 24.3 Å². The molecule has 2 N–H and O–H groups in total. The van der Waals surface area contributed by atoms with E-state index < -0.39 is 0 Å². The van der Waals surface area contributed by atoms with E-state index in [0.29, 0.717) is 0 Å². The van der Waals surface area contributed by atoms with E-state index in [1.54, 1.807) is 0 Å². The summed E-state index contributed by atoms with van der Waals surface area (Å²) < 4.78 is 0. The van der Waals surface area contributed by atoms with Gasteiger partial charge in [0, 0.05) is 6.54 Å². The topological polar surface area (TPSA) is 32.3 Å². The molecule has 0 aromatic rings. The van der Waals surface area contributed by atoms with Gasteiger partial charge < -0.3 is 10.4 Å². The molecule has 0 saturated heterocycles. The highest BCUT2D eigenvalue weighted by molar-refractivity contribution is 4.58. The van der Waals surface area contributed by atoms with Crippen LogP contribution in [0.2, 0.25) is 0 Å². The van der Waals surface area contributed by atoms with Gasteiger partial charge in [-0.25, -0.2) is 0 Å². The molecule has 0 spiro atoms. The van der Waals surface area contributed by atoms with E-state index >= 15 is 0 Å². The first-order valence-corrected chi connectivity index (χ1v) is 5.20. The molecule has 2 nitrogen and oxygen atoms in total. The van der Waals surface area contributed by atoms with E-state index in [9.17, 15) is 5.11 Å². The van der Waals surface area contributed by atoms with E-state index in [2.05, 4.69) is 19.2 Å². The Bertz CT molecular complexity index is 76.2. The maximum atomic E-state index is 9.44. The lowest BCUT2D eigenvalue weighted by Crippen LogP contribution is -2.27. The minimum Gasteiger partial charge on any atom is -0.392 e. The second-order valence-electron chi connectivity index (χ2n) is 3.35. The van der Waals surface area contributed by atoms with Crippen molar-refractivity contribution in [2.24, 2.45) is 0 Å². The van der Waals surface area contributed by atoms with Gasteiger partial charge in [-0.05, 0) is 19.4 Å². The lowest BCUT2D eigenvalue weighted by Gasteiger charge is -2.10. The summed E-state index contributed by atoms with van der Waals surface area (Å²) >= 11 is 0. The normalized spacial score (nSPS) is 12.2. The molecule has 0 bridgehead atoms. The first kappa shape index (κ1) is 15.4. The number of hydrogen-bond acceptors (Lipinski definition) is 2. The fraction of sp³-hybridized carbons (Fsp3) is 1.00. The van der Waals surface area contributed by atoms with Crippen molar-refractivity contribution >= 4 is 0 Å². The van der Waals surface area contributed by atoms with Crippen molar-refractivity contribution < 1.29 is 5.11 Å². The number of hydrogen-bond donors (Lipinski definition) is 2. The predicted octanol–water partition coefficient (Wildman–Crippen LogP) is 2.56. The molecule has 0 fully saturated rings. The van der Waals surface area contributed by atoms with Crippen LogP contribution < -0.4 is 5.32 Å². The Kier molecular flexibility index (Phi) is 14.1. The third-order valence-electron chi connectivity index (χ3n) is 1.95. The van der Waals surface area contributed by atoms with E-state index in [1.807, 2.05) is 0 Å². The second-order valence-corrected chi connectivity index (χ2v) is 3.35. The molecular formula is C11H27NO. The zero-order valence-corrected chi connectivity index (χ0v) is 8.47.